The standard InChI is InChI=1S/C18H22F4N2O6S/c1-9-4-3-5-10(2)24(9)8-11(25)23-7-6-12(26)30-17-13(19)15(21)18(31(27,28)29)16(22)14(17)20/h9-10H,3-8H2,1-2H3,(H,23,25)(H,27,28,29)/p-1. The Hall–Kier alpha value is -2.25. The fraction of sp³-hybridized carbons (Fsp3) is 0.556. The van der Waals surface area contributed by atoms with E-state index < -0.39 is 62.3 Å². The Morgan fingerprint density at radius 2 is 1.58 bits per heavy atom. The van der Waals surface area contributed by atoms with Crippen LogP contribution >= 0.6 is 0 Å². The number of amides is 1. The van der Waals surface area contributed by atoms with Gasteiger partial charge in [0.05, 0.1) is 13.0 Å². The molecule has 0 saturated carbocycles. The van der Waals surface area contributed by atoms with Crippen LogP contribution in [0.2, 0.25) is 0 Å². The summed E-state index contributed by atoms with van der Waals surface area (Å²) in [5.74, 6) is -13.3. The molecule has 2 rings (SSSR count). The van der Waals surface area contributed by atoms with E-state index in [1.807, 2.05) is 18.7 Å². The number of halogens is 4. The molecule has 1 fully saturated rings. The molecular weight excluding hydrogens is 448 g/mol. The molecule has 1 saturated heterocycles. The molecule has 0 aliphatic carbocycles. The van der Waals surface area contributed by atoms with Gasteiger partial charge in [0.1, 0.15) is 15.0 Å². The molecule has 1 N–H and O–H groups in total. The molecule has 0 spiro atoms. The average Bonchev–Trinajstić information content (AvgIpc) is 2.66. The molecule has 0 aromatic heterocycles. The van der Waals surface area contributed by atoms with Crippen LogP contribution in [0.4, 0.5) is 17.6 Å². The predicted molar refractivity (Wildman–Crippen MR) is 97.0 cm³/mol. The van der Waals surface area contributed by atoms with E-state index in [9.17, 15) is 40.1 Å². The Kier molecular flexibility index (Phi) is 8.00. The van der Waals surface area contributed by atoms with Crippen LogP contribution in [0.1, 0.15) is 39.5 Å². The van der Waals surface area contributed by atoms with Crippen LogP contribution in [0.3, 0.4) is 0 Å². The first-order valence-corrected chi connectivity index (χ1v) is 10.8. The Labute approximate surface area is 176 Å². The minimum Gasteiger partial charge on any atom is -0.744 e. The average molecular weight is 469 g/mol. The summed E-state index contributed by atoms with van der Waals surface area (Å²) >= 11 is 0. The maximum atomic E-state index is 13.8. The monoisotopic (exact) mass is 469 g/mol. The van der Waals surface area contributed by atoms with Gasteiger partial charge in [0.2, 0.25) is 23.3 Å². The highest BCUT2D eigenvalue weighted by atomic mass is 32.2. The highest BCUT2D eigenvalue weighted by molar-refractivity contribution is 7.85. The third kappa shape index (κ3) is 5.92. The molecule has 2 unspecified atom stereocenters. The number of nitrogens with one attached hydrogen (secondary N) is 1. The third-order valence-corrected chi connectivity index (χ3v) is 5.86. The van der Waals surface area contributed by atoms with Gasteiger partial charge >= 0.3 is 5.97 Å². The number of hydrogen-bond acceptors (Lipinski definition) is 7. The van der Waals surface area contributed by atoms with Gasteiger partial charge in [-0.3, -0.25) is 14.5 Å². The smallest absolute Gasteiger partial charge is 0.313 e. The molecule has 2 atom stereocenters. The van der Waals surface area contributed by atoms with E-state index in [0.29, 0.717) is 0 Å². The molecule has 0 radical (unpaired) electrons. The van der Waals surface area contributed by atoms with Crippen LogP contribution < -0.4 is 10.1 Å². The Morgan fingerprint density at radius 1 is 1.06 bits per heavy atom. The minimum atomic E-state index is -5.87. The van der Waals surface area contributed by atoms with Crippen molar-refractivity contribution in [3.8, 4) is 5.75 Å². The quantitative estimate of drug-likeness (QED) is 0.213. The topological polar surface area (TPSA) is 116 Å². The zero-order valence-corrected chi connectivity index (χ0v) is 17.5. The first-order chi connectivity index (χ1) is 14.3. The SMILES string of the molecule is CC1CCCC(C)N1CC(=O)NCCC(=O)Oc1c(F)c(F)c(S(=O)(=O)[O-])c(F)c1F. The minimum absolute atomic E-state index is 0.0855. The van der Waals surface area contributed by atoms with Crippen molar-refractivity contribution in [1.82, 2.24) is 10.2 Å². The van der Waals surface area contributed by atoms with E-state index in [4.69, 9.17) is 0 Å². The molecule has 1 aliphatic rings. The van der Waals surface area contributed by atoms with Crippen LogP contribution in [0.15, 0.2) is 4.90 Å². The second-order valence-corrected chi connectivity index (χ2v) is 8.56. The summed E-state index contributed by atoms with van der Waals surface area (Å²) in [5, 5.41) is 2.43. The van der Waals surface area contributed by atoms with Gasteiger partial charge in [-0.15, -0.1) is 0 Å². The molecule has 0 bridgehead atoms. The van der Waals surface area contributed by atoms with Crippen LogP contribution in [-0.2, 0) is 19.7 Å². The number of rotatable bonds is 7. The van der Waals surface area contributed by atoms with E-state index in [-0.39, 0.29) is 25.2 Å². The van der Waals surface area contributed by atoms with Crippen LogP contribution in [0.25, 0.3) is 0 Å². The zero-order chi connectivity index (χ0) is 23.5. The molecule has 1 aromatic carbocycles. The summed E-state index contributed by atoms with van der Waals surface area (Å²) in [6, 6.07) is 0.409. The van der Waals surface area contributed by atoms with Gasteiger partial charge < -0.3 is 14.6 Å². The maximum Gasteiger partial charge on any atom is 0.313 e. The lowest BCUT2D eigenvalue weighted by molar-refractivity contribution is -0.134. The number of esters is 1. The number of ether oxygens (including phenoxy) is 1. The Bertz CT molecular complexity index is 933. The lowest BCUT2D eigenvalue weighted by atomic mass is 9.97. The fourth-order valence-corrected chi connectivity index (χ4v) is 4.00. The number of carbonyl (C=O) groups excluding carboxylic acids is 2. The van der Waals surface area contributed by atoms with Crippen molar-refractivity contribution in [3.63, 3.8) is 0 Å². The summed E-state index contributed by atoms with van der Waals surface area (Å²) in [6.07, 6.45) is 2.35. The summed E-state index contributed by atoms with van der Waals surface area (Å²) in [4.78, 5) is 23.5. The van der Waals surface area contributed by atoms with E-state index in [1.165, 1.54) is 0 Å². The largest absolute Gasteiger partial charge is 0.744 e. The van der Waals surface area contributed by atoms with Gasteiger partial charge in [0.15, 0.2) is 11.6 Å². The van der Waals surface area contributed by atoms with Crippen LogP contribution in [0.5, 0.6) is 5.75 Å². The summed E-state index contributed by atoms with van der Waals surface area (Å²) in [5.41, 5.74) is 0. The number of likely N-dealkylation sites (tertiary alicyclic amines) is 1. The number of nitrogens with zero attached hydrogens (tertiary/aromatic N) is 1. The maximum absolute atomic E-state index is 13.8. The lowest BCUT2D eigenvalue weighted by Crippen LogP contribution is -2.48. The number of piperidine rings is 1. The highest BCUT2D eigenvalue weighted by Gasteiger charge is 2.31. The van der Waals surface area contributed by atoms with Crippen LogP contribution in [0, 0.1) is 23.3 Å². The van der Waals surface area contributed by atoms with Crippen LogP contribution in [-0.4, -0.2) is 54.9 Å². The second-order valence-electron chi connectivity index (χ2n) is 7.24. The van der Waals surface area contributed by atoms with Gasteiger partial charge in [-0.2, -0.15) is 8.78 Å². The van der Waals surface area contributed by atoms with Gasteiger partial charge in [-0.1, -0.05) is 6.42 Å². The van der Waals surface area contributed by atoms with Gasteiger partial charge in [-0.05, 0) is 26.7 Å². The third-order valence-electron chi connectivity index (χ3n) is 5.00. The fourth-order valence-electron chi connectivity index (χ4n) is 3.38. The number of hydrogen-bond donors (Lipinski definition) is 1. The molecule has 8 nitrogen and oxygen atoms in total. The van der Waals surface area contributed by atoms with Gasteiger partial charge in [0.25, 0.3) is 0 Å². The lowest BCUT2D eigenvalue weighted by Gasteiger charge is -2.38. The molecular formula is C18H21F4N2O6S-. The first-order valence-electron chi connectivity index (χ1n) is 9.39. The normalized spacial score (nSPS) is 19.8. The molecule has 31 heavy (non-hydrogen) atoms. The Morgan fingerprint density at radius 3 is 2.06 bits per heavy atom. The van der Waals surface area contributed by atoms with E-state index in [2.05, 4.69) is 10.1 Å². The van der Waals surface area contributed by atoms with E-state index >= 15 is 0 Å². The van der Waals surface area contributed by atoms with Crippen molar-refractivity contribution in [1.29, 1.82) is 0 Å². The number of carbonyl (C=O) groups is 2. The Balaban J connectivity index is 1.97. The first kappa shape index (κ1) is 25.0. The van der Waals surface area contributed by atoms with Crippen molar-refractivity contribution in [2.75, 3.05) is 13.1 Å². The summed E-state index contributed by atoms with van der Waals surface area (Å²) < 4.78 is 91.6. The van der Waals surface area contributed by atoms with Crippen molar-refractivity contribution < 1.29 is 44.9 Å². The highest BCUT2D eigenvalue weighted by Crippen LogP contribution is 2.32. The molecule has 1 aliphatic heterocycles. The van der Waals surface area contributed by atoms with Crippen molar-refractivity contribution in [2.24, 2.45) is 0 Å². The van der Waals surface area contributed by atoms with E-state index in [1.54, 1.807) is 0 Å². The molecule has 1 amide bonds. The summed E-state index contributed by atoms with van der Waals surface area (Å²) in [7, 11) is -5.87. The van der Waals surface area contributed by atoms with Crippen molar-refractivity contribution in [2.45, 2.75) is 56.5 Å². The molecule has 174 valence electrons. The summed E-state index contributed by atoms with van der Waals surface area (Å²) in [6.45, 7) is 3.79. The number of benzene rings is 1. The van der Waals surface area contributed by atoms with Gasteiger partial charge in [-0.25, -0.2) is 17.2 Å². The van der Waals surface area contributed by atoms with Crippen molar-refractivity contribution in [3.05, 3.63) is 23.3 Å². The second kappa shape index (κ2) is 9.92. The molecule has 13 heteroatoms. The predicted octanol–water partition coefficient (Wildman–Crippen LogP) is 1.82. The zero-order valence-electron chi connectivity index (χ0n) is 16.7. The molecule has 1 heterocycles. The van der Waals surface area contributed by atoms with Gasteiger partial charge in [0, 0.05) is 18.6 Å². The van der Waals surface area contributed by atoms with E-state index in [0.717, 1.165) is 19.3 Å². The van der Waals surface area contributed by atoms with Crippen molar-refractivity contribution >= 4 is 22.0 Å². The molecule has 1 aromatic rings.